The minimum absolute atomic E-state index is 0.100. The maximum Gasteiger partial charge on any atom is 0.201 e. The van der Waals surface area contributed by atoms with Crippen molar-refractivity contribution in [1.29, 1.82) is 0 Å². The molecule has 0 saturated heterocycles. The van der Waals surface area contributed by atoms with Gasteiger partial charge in [-0.05, 0) is 471 Å². The summed E-state index contributed by atoms with van der Waals surface area (Å²) in [5.74, 6) is 13.3. The molecule has 136 heavy (non-hydrogen) atoms. The highest BCUT2D eigenvalue weighted by molar-refractivity contribution is 5.87. The van der Waals surface area contributed by atoms with Crippen LogP contribution in [0.2, 0.25) is 0 Å². The fraction of sp³-hybridized carbons (Fsp3) is 0.759. The molecule has 0 amide bonds. The zero-order valence-corrected chi connectivity index (χ0v) is 85.5. The van der Waals surface area contributed by atoms with E-state index in [0.717, 1.165) is 194 Å². The molecule has 0 unspecified atom stereocenters. The molecular weight excluding hydrogens is 1690 g/mol. The maximum atomic E-state index is 13.7. The Labute approximate surface area is 809 Å². The Morgan fingerprint density at radius 1 is 0.324 bits per heavy atom. The first-order valence-corrected chi connectivity index (χ1v) is 54.6. The van der Waals surface area contributed by atoms with E-state index in [0.29, 0.717) is 123 Å². The van der Waals surface area contributed by atoms with Gasteiger partial charge >= 0.3 is 0 Å². The lowest BCUT2D eigenvalue weighted by molar-refractivity contribution is -0.151. The van der Waals surface area contributed by atoms with Crippen molar-refractivity contribution in [1.82, 2.24) is 59.5 Å². The first kappa shape index (κ1) is 95.2. The lowest BCUT2D eigenvalue weighted by Gasteiger charge is -2.61. The van der Waals surface area contributed by atoms with E-state index in [1.165, 1.54) is 140 Å². The van der Waals surface area contributed by atoms with Gasteiger partial charge in [0, 0.05) is 53.0 Å². The normalized spacial score (nSPS) is 43.9. The van der Waals surface area contributed by atoms with Gasteiger partial charge in [0.25, 0.3) is 0 Å². The van der Waals surface area contributed by atoms with Crippen LogP contribution >= 0.6 is 0 Å². The number of aromatic nitrogens is 12. The second-order valence-corrected chi connectivity index (χ2v) is 52.9. The maximum absolute atomic E-state index is 13.7. The minimum atomic E-state index is -0.482. The summed E-state index contributed by atoms with van der Waals surface area (Å²) in [4.78, 5) is 65.0. The van der Waals surface area contributed by atoms with Gasteiger partial charge in [-0.3, -0.25) is 28.5 Å². The van der Waals surface area contributed by atoms with Gasteiger partial charge in [-0.15, -0.1) is 10.2 Å². The van der Waals surface area contributed by atoms with Crippen molar-refractivity contribution in [2.45, 2.75) is 391 Å². The average Bonchev–Trinajstić information content (AvgIpc) is 1.51. The number of carbonyl (C=O) groups excluding carboxylic acids is 4. The van der Waals surface area contributed by atoms with E-state index < -0.39 is 22.4 Å². The molecule has 16 fully saturated rings. The summed E-state index contributed by atoms with van der Waals surface area (Å²) < 4.78 is 5.59. The fourth-order valence-corrected chi connectivity index (χ4v) is 37.5. The van der Waals surface area contributed by atoms with Gasteiger partial charge in [0.2, 0.25) is 11.3 Å². The Morgan fingerprint density at radius 2 is 0.676 bits per heavy atom. The summed E-state index contributed by atoms with van der Waals surface area (Å²) in [7, 11) is 0. The van der Waals surface area contributed by atoms with Crippen LogP contribution in [0.15, 0.2) is 73.3 Å². The Kier molecular flexibility index (Phi) is 24.1. The van der Waals surface area contributed by atoms with E-state index in [4.69, 9.17) is 5.10 Å². The first-order chi connectivity index (χ1) is 64.4. The molecule has 0 bridgehead atoms. The van der Waals surface area contributed by atoms with Crippen molar-refractivity contribution >= 4 is 67.3 Å². The van der Waals surface area contributed by atoms with Crippen LogP contribution in [0.3, 0.4) is 0 Å². The highest BCUT2D eigenvalue weighted by Gasteiger charge is 2.68. The van der Waals surface area contributed by atoms with Gasteiger partial charge in [0.05, 0.1) is 46.2 Å². The van der Waals surface area contributed by atoms with E-state index >= 15 is 0 Å². The number of Topliss-reactive ketones (excluding diaryl/α,β-unsaturated/α-hetero) is 4. The van der Waals surface area contributed by atoms with Crippen LogP contribution in [0.1, 0.15) is 336 Å². The summed E-state index contributed by atoms with van der Waals surface area (Å²) >= 11 is 0. The minimum Gasteiger partial charge on any atom is -0.390 e. The standard InChI is InChI=1S/2C30H42N2O2.2C28H40N4O2/c1-19-5-6-20-17-32(31-26(20)15-19)18-27(33)25-10-9-23-22-8-7-21-16-28(2,34)13-14-29(21,3)24(22)11-12-30(23,25)4;1-19-5-6-20-17-31-32(26(20)15-19)18-27(33)25-10-9-23-22-8-7-21-16-28(2,34)13-14-29(21,3)24(22)11-12-30(23,25)4;1-17-13-23-25(29-15-17)30-31-32(23)16-24(33)22-8-7-20-19-6-5-18-14-26(2,34)11-12-27(18,3)21(19)9-10-28(20,22)4;1-17-13-23-25(29-15-17)31-32(30-23)16-24(33)22-8-7-20-19-6-5-18-14-26(2,34)11-12-27(18,3)21(19)9-10-28(20,22)4/h2*5-6,15,17,21-25,34H,7-14,16,18H2,1-4H3;2*13,15,18-22,34H,5-12,14,16H2,1-4H3/t2*21-,22+,23+,24+,25-,28-,29+,30+;2*18-,19+,20+,21+,22-,26-,27+,28+/m1111/s1. The monoisotopic (exact) mass is 1850 g/mol. The summed E-state index contributed by atoms with van der Waals surface area (Å²) in [5.41, 5.74) is 9.50. The molecule has 20 nitrogen and oxygen atoms in total. The number of nitrogens with zero attached hydrogens (tertiary/aromatic N) is 12. The molecule has 20 heteroatoms. The van der Waals surface area contributed by atoms with Crippen LogP contribution in [-0.2, 0) is 45.4 Å². The highest BCUT2D eigenvalue weighted by Crippen LogP contribution is 2.74. The van der Waals surface area contributed by atoms with Crippen molar-refractivity contribution in [2.75, 3.05) is 0 Å². The Balaban J connectivity index is 0.000000108. The summed E-state index contributed by atoms with van der Waals surface area (Å²) in [5, 5.41) is 72.0. The van der Waals surface area contributed by atoms with Gasteiger partial charge < -0.3 is 20.4 Å². The number of hydrogen-bond donors (Lipinski definition) is 4. The Morgan fingerprint density at radius 3 is 1.10 bits per heavy atom. The predicted molar refractivity (Wildman–Crippen MR) is 532 cm³/mol. The number of fused-ring (bicyclic) bond motifs is 24. The van der Waals surface area contributed by atoms with Crippen molar-refractivity contribution in [3.8, 4) is 0 Å². The molecule has 736 valence electrons. The number of rotatable bonds is 12. The van der Waals surface area contributed by atoms with Crippen LogP contribution in [0.25, 0.3) is 44.1 Å². The molecule has 2 aromatic carbocycles. The summed E-state index contributed by atoms with van der Waals surface area (Å²) in [6.07, 6.45) is 48.6. The van der Waals surface area contributed by atoms with Crippen LogP contribution in [0, 0.1) is 189 Å². The molecule has 0 aliphatic heterocycles. The van der Waals surface area contributed by atoms with Crippen LogP contribution in [0.4, 0.5) is 0 Å². The van der Waals surface area contributed by atoms with Crippen molar-refractivity contribution in [3.63, 3.8) is 0 Å². The Bertz CT molecular complexity index is 5530. The molecule has 6 aromatic heterocycles. The van der Waals surface area contributed by atoms with Gasteiger partial charge in [-0.1, -0.05) is 84.9 Å². The van der Waals surface area contributed by atoms with Crippen molar-refractivity contribution in [3.05, 3.63) is 95.6 Å². The molecule has 16 saturated carbocycles. The fourth-order valence-electron chi connectivity index (χ4n) is 37.5. The lowest BCUT2D eigenvalue weighted by atomic mass is 9.44. The zero-order chi connectivity index (χ0) is 95.5. The third-order valence-electron chi connectivity index (χ3n) is 45.0. The molecule has 16 aliphatic rings. The number of aryl methyl sites for hydroxylation is 4. The number of carbonyl (C=O) groups is 4. The third-order valence-corrected chi connectivity index (χ3v) is 45.0. The second-order valence-electron chi connectivity index (χ2n) is 52.9. The van der Waals surface area contributed by atoms with Crippen LogP contribution in [0.5, 0.6) is 0 Å². The highest BCUT2D eigenvalue weighted by atomic mass is 16.3. The van der Waals surface area contributed by atoms with E-state index in [2.05, 4.69) is 141 Å². The predicted octanol–water partition coefficient (Wildman–Crippen LogP) is 22.9. The topological polar surface area (TPSA) is 272 Å². The van der Waals surface area contributed by atoms with Crippen LogP contribution in [-0.4, -0.2) is 125 Å². The smallest absolute Gasteiger partial charge is 0.201 e. The molecular formula is C116H164N12O8. The largest absolute Gasteiger partial charge is 0.390 e. The van der Waals surface area contributed by atoms with E-state index in [9.17, 15) is 39.6 Å². The SMILES string of the molecule is Cc1ccc2cn(CC(=O)[C@H]3CC[C@H]4[C@@H]5CC[C@@H]6C[C@](C)(O)CC[C@]6(C)[C@H]5CC[C@]34C)nc2c1.Cc1ccc2cnn(CC(=O)[C@H]3CC[C@H]4[C@@H]5CC[C@@H]6C[C@](C)(O)CC[C@]6(C)[C@H]5CC[C@]34C)c2c1.Cc1cnc2nn(CC(=O)[C@H]3CC[C@H]4[C@@H]5CC[C@@H]6C[C@](C)(O)CC[C@]6(C)[C@H]5CC[C@]34C)nc2c1.Cc1cnc2nnn(CC(=O)[C@H]3CC[C@H]4[C@@H]5CC[C@@H]6C[C@](C)(O)CC[C@]6(C)[C@H]5CC[C@]34C)c2c1. The van der Waals surface area contributed by atoms with Crippen molar-refractivity contribution in [2.24, 2.45) is 162 Å². The molecule has 8 aromatic rings. The molecule has 0 spiro atoms. The van der Waals surface area contributed by atoms with Gasteiger partial charge in [-0.2, -0.15) is 20.1 Å². The van der Waals surface area contributed by atoms with E-state index in [1.807, 2.05) is 75.4 Å². The first-order valence-electron chi connectivity index (χ1n) is 54.6. The molecule has 16 aliphatic carbocycles. The quantitative estimate of drug-likeness (QED) is 0.0885. The van der Waals surface area contributed by atoms with E-state index in [1.54, 1.807) is 21.9 Å². The van der Waals surface area contributed by atoms with Gasteiger partial charge in [-0.25, -0.2) is 14.6 Å². The number of ketones is 4. The summed E-state index contributed by atoms with van der Waals surface area (Å²) in [6, 6.07) is 16.7. The number of hydrogen-bond acceptors (Lipinski definition) is 16. The molecule has 0 radical (unpaired) electrons. The molecule has 32 atom stereocenters. The molecule has 4 N–H and O–H groups in total. The van der Waals surface area contributed by atoms with Crippen molar-refractivity contribution < 1.29 is 39.6 Å². The third kappa shape index (κ3) is 16.4. The van der Waals surface area contributed by atoms with Gasteiger partial charge in [0.1, 0.15) is 30.7 Å². The number of benzene rings is 2. The Hall–Kier alpha value is -7.00. The molecule has 6 heterocycles. The number of aliphatic hydroxyl groups is 4. The second kappa shape index (κ2) is 34.4. The van der Waals surface area contributed by atoms with E-state index in [-0.39, 0.29) is 51.9 Å². The zero-order valence-electron chi connectivity index (χ0n) is 85.5. The summed E-state index contributed by atoms with van der Waals surface area (Å²) in [6.45, 7) is 37.7. The average molecular weight is 1850 g/mol. The lowest BCUT2D eigenvalue weighted by Crippen LogP contribution is -2.55. The molecule has 24 rings (SSSR count). The number of pyridine rings is 2. The van der Waals surface area contributed by atoms with Gasteiger partial charge in [0.15, 0.2) is 23.1 Å². The van der Waals surface area contributed by atoms with Crippen LogP contribution < -0.4 is 0 Å².